The number of hydrogen-bond donors (Lipinski definition) is 3. The van der Waals surface area contributed by atoms with E-state index in [9.17, 15) is 13.2 Å². The largest absolute Gasteiger partial charge is 0.383 e. The van der Waals surface area contributed by atoms with Gasteiger partial charge in [-0.05, 0) is 43.4 Å². The fraction of sp³-hybridized carbons (Fsp3) is 0.429. The van der Waals surface area contributed by atoms with Gasteiger partial charge < -0.3 is 10.1 Å². The summed E-state index contributed by atoms with van der Waals surface area (Å²) in [6, 6.07) is 5.76. The van der Waals surface area contributed by atoms with Crippen LogP contribution in [0.2, 0.25) is 5.02 Å². The van der Waals surface area contributed by atoms with E-state index in [0.29, 0.717) is 11.6 Å². The molecule has 1 amide bonds. The lowest BCUT2D eigenvalue weighted by molar-refractivity contribution is -0.121. The zero-order valence-electron chi connectivity index (χ0n) is 13.3. The number of benzene rings is 1. The Kier molecular flexibility index (Phi) is 8.40. The molecule has 0 radical (unpaired) electrons. The molecule has 0 aliphatic carbocycles. The molecule has 3 N–H and O–H groups in total. The molecule has 1 aromatic rings. The van der Waals surface area contributed by atoms with Gasteiger partial charge in [-0.1, -0.05) is 11.6 Å². The molecule has 0 aromatic heterocycles. The molecule has 0 saturated carbocycles. The highest BCUT2D eigenvalue weighted by Gasteiger charge is 2.16. The molecule has 1 rings (SSSR count). The van der Waals surface area contributed by atoms with Crippen LogP contribution in [0, 0.1) is 0 Å². The van der Waals surface area contributed by atoms with Crippen molar-refractivity contribution in [3.05, 3.63) is 29.3 Å². The lowest BCUT2D eigenvalue weighted by atomic mass is 10.4. The van der Waals surface area contributed by atoms with Gasteiger partial charge in [-0.15, -0.1) is 0 Å². The van der Waals surface area contributed by atoms with Gasteiger partial charge in [0, 0.05) is 24.6 Å². The van der Waals surface area contributed by atoms with Crippen LogP contribution in [0.5, 0.6) is 0 Å². The number of carbonyl (C=O) groups is 1. The summed E-state index contributed by atoms with van der Waals surface area (Å²) in [4.78, 5) is 11.8. The summed E-state index contributed by atoms with van der Waals surface area (Å²) in [6.45, 7) is 2.31. The Bertz CT molecular complexity index is 665. The van der Waals surface area contributed by atoms with Gasteiger partial charge in [-0.2, -0.15) is 0 Å². The van der Waals surface area contributed by atoms with Crippen molar-refractivity contribution in [3.63, 3.8) is 0 Å². The van der Waals surface area contributed by atoms with Crippen molar-refractivity contribution in [1.29, 1.82) is 0 Å². The van der Waals surface area contributed by atoms with E-state index in [1.807, 2.05) is 6.92 Å². The number of ether oxygens (including phenoxy) is 1. The van der Waals surface area contributed by atoms with Crippen LogP contribution >= 0.6 is 23.8 Å². The zero-order valence-corrected chi connectivity index (χ0v) is 15.7. The summed E-state index contributed by atoms with van der Waals surface area (Å²) in [7, 11) is -1.98. The van der Waals surface area contributed by atoms with E-state index >= 15 is 0 Å². The number of thiocarbonyl (C=S) groups is 1. The topological polar surface area (TPSA) is 96.5 Å². The zero-order chi connectivity index (χ0) is 18.2. The molecule has 7 nitrogen and oxygen atoms in total. The van der Waals surface area contributed by atoms with E-state index in [4.69, 9.17) is 28.6 Å². The highest BCUT2D eigenvalue weighted by Crippen LogP contribution is 2.15. The minimum absolute atomic E-state index is 0.0304. The third-order valence-corrected chi connectivity index (χ3v) is 5.08. The Labute approximate surface area is 152 Å². The van der Waals surface area contributed by atoms with Gasteiger partial charge in [0.2, 0.25) is 5.91 Å². The van der Waals surface area contributed by atoms with E-state index in [1.54, 1.807) is 7.11 Å². The minimum Gasteiger partial charge on any atom is -0.383 e. The van der Waals surface area contributed by atoms with Crippen LogP contribution in [0.4, 0.5) is 0 Å². The summed E-state index contributed by atoms with van der Waals surface area (Å²) in [5.74, 6) is -0.807. The monoisotopic (exact) mass is 393 g/mol. The standard InChI is InChI=1S/C14H20ClN3O4S2/c1-10(9-22-2)16-14(23)18-17-13(19)7-8-24(20,21)12-5-3-11(15)4-6-12/h3-6,10H,7-9H2,1-2H3,(H,17,19)(H2,16,18,23)/t10-/m0/s1. The highest BCUT2D eigenvalue weighted by molar-refractivity contribution is 7.91. The van der Waals surface area contributed by atoms with E-state index in [0.717, 1.165) is 0 Å². The third kappa shape index (κ3) is 7.43. The second-order valence-corrected chi connectivity index (χ2v) is 7.98. The smallest absolute Gasteiger partial charge is 0.239 e. The molecule has 0 aliphatic rings. The maximum Gasteiger partial charge on any atom is 0.239 e. The maximum atomic E-state index is 12.1. The first-order valence-corrected chi connectivity index (χ1v) is 9.51. The summed E-state index contributed by atoms with van der Waals surface area (Å²) >= 11 is 10.7. The molecule has 0 fully saturated rings. The van der Waals surface area contributed by atoms with Gasteiger partial charge in [-0.25, -0.2) is 8.42 Å². The Hall–Kier alpha value is -1.42. The third-order valence-electron chi connectivity index (χ3n) is 2.88. The van der Waals surface area contributed by atoms with E-state index in [2.05, 4.69) is 16.2 Å². The normalized spacial score (nSPS) is 12.3. The van der Waals surface area contributed by atoms with Crippen molar-refractivity contribution in [2.75, 3.05) is 19.5 Å². The summed E-state index contributed by atoms with van der Waals surface area (Å²) in [5.41, 5.74) is 4.85. The van der Waals surface area contributed by atoms with Crippen LogP contribution in [0.15, 0.2) is 29.2 Å². The van der Waals surface area contributed by atoms with Gasteiger partial charge in [-0.3, -0.25) is 15.6 Å². The number of carbonyl (C=O) groups excluding carboxylic acids is 1. The Morgan fingerprint density at radius 2 is 1.92 bits per heavy atom. The van der Waals surface area contributed by atoms with Gasteiger partial charge >= 0.3 is 0 Å². The average molecular weight is 394 g/mol. The van der Waals surface area contributed by atoms with Crippen LogP contribution in [0.3, 0.4) is 0 Å². The quantitative estimate of drug-likeness (QED) is 0.470. The first kappa shape index (κ1) is 20.6. The molecular formula is C14H20ClN3O4S2. The number of sulfone groups is 1. The number of rotatable bonds is 7. The van der Waals surface area contributed by atoms with E-state index < -0.39 is 15.7 Å². The van der Waals surface area contributed by atoms with Crippen LogP contribution < -0.4 is 16.2 Å². The minimum atomic E-state index is -3.55. The first-order chi connectivity index (χ1) is 11.2. The number of hydrazine groups is 1. The maximum absolute atomic E-state index is 12.1. The van der Waals surface area contributed by atoms with Crippen LogP contribution in [-0.4, -0.2) is 44.9 Å². The first-order valence-electron chi connectivity index (χ1n) is 7.07. The molecule has 24 heavy (non-hydrogen) atoms. The molecule has 0 unspecified atom stereocenters. The van der Waals surface area contributed by atoms with Gasteiger partial charge in [0.25, 0.3) is 0 Å². The van der Waals surface area contributed by atoms with Crippen molar-refractivity contribution in [2.45, 2.75) is 24.3 Å². The van der Waals surface area contributed by atoms with Gasteiger partial charge in [0.1, 0.15) is 0 Å². The molecule has 0 heterocycles. The summed E-state index contributed by atoms with van der Waals surface area (Å²) in [6.07, 6.45) is -0.200. The highest BCUT2D eigenvalue weighted by atomic mass is 35.5. The molecule has 1 atom stereocenters. The van der Waals surface area contributed by atoms with Gasteiger partial charge in [0.15, 0.2) is 14.9 Å². The number of nitrogens with one attached hydrogen (secondary N) is 3. The molecule has 0 spiro atoms. The van der Waals surface area contributed by atoms with E-state index in [1.165, 1.54) is 24.3 Å². The Morgan fingerprint density at radius 3 is 2.50 bits per heavy atom. The van der Waals surface area contributed by atoms with Crippen LogP contribution in [0.1, 0.15) is 13.3 Å². The molecular weight excluding hydrogens is 374 g/mol. The second-order valence-electron chi connectivity index (χ2n) is 5.03. The number of halogens is 1. The fourth-order valence-electron chi connectivity index (χ4n) is 1.73. The predicted octanol–water partition coefficient (Wildman–Crippen LogP) is 1.03. The Morgan fingerprint density at radius 1 is 1.29 bits per heavy atom. The summed E-state index contributed by atoms with van der Waals surface area (Å²) < 4.78 is 29.2. The average Bonchev–Trinajstić information content (AvgIpc) is 2.51. The molecule has 0 bridgehead atoms. The number of methoxy groups -OCH3 is 1. The lowest BCUT2D eigenvalue weighted by Gasteiger charge is -2.16. The van der Waals surface area contributed by atoms with Crippen molar-refractivity contribution in [1.82, 2.24) is 16.2 Å². The van der Waals surface area contributed by atoms with Crippen molar-refractivity contribution < 1.29 is 17.9 Å². The molecule has 0 saturated heterocycles. The van der Waals surface area contributed by atoms with Crippen molar-refractivity contribution in [2.24, 2.45) is 0 Å². The van der Waals surface area contributed by atoms with Crippen LogP contribution in [0.25, 0.3) is 0 Å². The molecule has 1 aromatic carbocycles. The lowest BCUT2D eigenvalue weighted by Crippen LogP contribution is -2.50. The molecule has 0 aliphatic heterocycles. The van der Waals surface area contributed by atoms with E-state index in [-0.39, 0.29) is 28.2 Å². The predicted molar refractivity (Wildman–Crippen MR) is 96.5 cm³/mol. The van der Waals surface area contributed by atoms with Crippen molar-refractivity contribution >= 4 is 44.7 Å². The molecule has 10 heteroatoms. The van der Waals surface area contributed by atoms with Crippen LogP contribution in [-0.2, 0) is 19.4 Å². The van der Waals surface area contributed by atoms with Gasteiger partial charge in [0.05, 0.1) is 17.3 Å². The van der Waals surface area contributed by atoms with Crippen molar-refractivity contribution in [3.8, 4) is 0 Å². The number of hydrogen-bond acceptors (Lipinski definition) is 5. The molecule has 134 valence electrons. The second kappa shape index (κ2) is 9.77. The summed E-state index contributed by atoms with van der Waals surface area (Å²) in [5, 5.41) is 3.55. The SMILES string of the molecule is COC[C@H](C)NC(=S)NNC(=O)CCS(=O)(=O)c1ccc(Cl)cc1. The number of amides is 1. The fourth-order valence-corrected chi connectivity index (χ4v) is 3.35. The Balaban J connectivity index is 2.40.